The molecule has 2 aliphatic carbocycles. The van der Waals surface area contributed by atoms with Gasteiger partial charge >= 0.3 is 6.18 Å². The summed E-state index contributed by atoms with van der Waals surface area (Å²) in [4.78, 5) is 1.18. The highest BCUT2D eigenvalue weighted by molar-refractivity contribution is 7.16. The number of aryl methyl sites for hydroxylation is 1. The molecule has 2 atom stereocenters. The zero-order valence-electron chi connectivity index (χ0n) is 18.5. The van der Waals surface area contributed by atoms with Gasteiger partial charge < -0.3 is 21.3 Å². The van der Waals surface area contributed by atoms with Crippen LogP contribution in [0.4, 0.5) is 18.2 Å². The van der Waals surface area contributed by atoms with Gasteiger partial charge in [0.25, 0.3) is 0 Å². The molecule has 0 saturated carbocycles. The van der Waals surface area contributed by atoms with Gasteiger partial charge in [0.15, 0.2) is 5.69 Å². The third-order valence-electron chi connectivity index (χ3n) is 6.37. The Hall–Kier alpha value is -1.66. The number of aliphatic hydroxyl groups is 2. The van der Waals surface area contributed by atoms with Crippen LogP contribution in [-0.2, 0) is 38.4 Å². The number of aromatic nitrogens is 2. The second-order valence-corrected chi connectivity index (χ2v) is 9.88. The lowest BCUT2D eigenvalue weighted by atomic mass is 9.95. The topological polar surface area (TPSA) is 108 Å². The molecule has 2 aliphatic rings. The van der Waals surface area contributed by atoms with Crippen molar-refractivity contribution >= 4 is 16.3 Å². The van der Waals surface area contributed by atoms with Gasteiger partial charge in [-0.2, -0.15) is 18.3 Å². The summed E-state index contributed by atoms with van der Waals surface area (Å²) in [6.45, 7) is 0.973. The first-order valence-electron chi connectivity index (χ1n) is 11.7. The normalized spacial score (nSPS) is 18.0. The second kappa shape index (κ2) is 10.3. The third kappa shape index (κ3) is 5.37. The molecular weight excluding hydrogens is 455 g/mol. The average Bonchev–Trinajstić information content (AvgIpc) is 3.32. The molecule has 2 aromatic rings. The number of nitrogens with zero attached hydrogens (tertiary/aromatic N) is 2. The zero-order chi connectivity index (χ0) is 23.6. The maximum Gasteiger partial charge on any atom is 0.435 e. The molecule has 184 valence electrons. The van der Waals surface area contributed by atoms with Crippen LogP contribution < -0.4 is 16.4 Å². The zero-order valence-corrected chi connectivity index (χ0v) is 19.4. The summed E-state index contributed by atoms with van der Waals surface area (Å²) in [7, 11) is 0. The van der Waals surface area contributed by atoms with E-state index < -0.39 is 24.3 Å². The van der Waals surface area contributed by atoms with Crippen molar-refractivity contribution in [2.75, 3.05) is 18.4 Å². The molecule has 7 nitrogen and oxygen atoms in total. The summed E-state index contributed by atoms with van der Waals surface area (Å²) in [5.74, 6) is 0. The molecule has 0 spiro atoms. The Kier molecular flexibility index (Phi) is 7.64. The Bertz CT molecular complexity index is 959. The Labute approximate surface area is 195 Å². The van der Waals surface area contributed by atoms with E-state index in [2.05, 4.69) is 15.7 Å². The van der Waals surface area contributed by atoms with Crippen LogP contribution in [0, 0.1) is 0 Å². The van der Waals surface area contributed by atoms with Crippen LogP contribution >= 0.6 is 11.3 Å². The molecule has 0 amide bonds. The standard InChI is InChI=1S/C22H32F3N5O2S/c23-22(24,25)19-13-6-1-3-8-15(13)30(29-19)12-17(31)28-21-18(20(32)27-11-5-10-26)14-7-2-4-9-16(14)33-21/h17,20,27-28,31-32H,1-12,26H2. The molecule has 0 aromatic carbocycles. The van der Waals surface area contributed by atoms with Crippen molar-refractivity contribution in [2.24, 2.45) is 5.73 Å². The lowest BCUT2D eigenvalue weighted by Crippen LogP contribution is -2.29. The highest BCUT2D eigenvalue weighted by atomic mass is 32.1. The Morgan fingerprint density at radius 3 is 2.48 bits per heavy atom. The van der Waals surface area contributed by atoms with E-state index in [-0.39, 0.29) is 12.1 Å². The summed E-state index contributed by atoms with van der Waals surface area (Å²) in [5.41, 5.74) is 7.35. The van der Waals surface area contributed by atoms with Crippen molar-refractivity contribution < 1.29 is 23.4 Å². The first kappa shape index (κ1) is 24.5. The fraction of sp³-hybridized carbons (Fsp3) is 0.682. The predicted molar refractivity (Wildman–Crippen MR) is 121 cm³/mol. The van der Waals surface area contributed by atoms with Crippen LogP contribution in [0.25, 0.3) is 0 Å². The van der Waals surface area contributed by atoms with Crippen LogP contribution in [-0.4, -0.2) is 39.3 Å². The SMILES string of the molecule is NCCCNC(O)c1c(NC(O)Cn2nc(C(F)(F)F)c3c2CCCC3)sc2c1CCCC2. The largest absolute Gasteiger partial charge is 0.435 e. The fourth-order valence-corrected chi connectivity index (χ4v) is 6.21. The Morgan fingerprint density at radius 1 is 1.06 bits per heavy atom. The molecule has 0 radical (unpaired) electrons. The maximum absolute atomic E-state index is 13.5. The van der Waals surface area contributed by atoms with Gasteiger partial charge in [-0.05, 0) is 76.4 Å². The van der Waals surface area contributed by atoms with Crippen LogP contribution in [0.1, 0.15) is 71.3 Å². The van der Waals surface area contributed by atoms with Gasteiger partial charge in [-0.15, -0.1) is 11.3 Å². The van der Waals surface area contributed by atoms with Gasteiger partial charge in [-0.3, -0.25) is 10.00 Å². The smallest absolute Gasteiger partial charge is 0.374 e. The van der Waals surface area contributed by atoms with Gasteiger partial charge in [0.1, 0.15) is 12.5 Å². The van der Waals surface area contributed by atoms with Crippen LogP contribution in [0.15, 0.2) is 0 Å². The van der Waals surface area contributed by atoms with Crippen molar-refractivity contribution in [1.29, 1.82) is 0 Å². The molecule has 2 aromatic heterocycles. The van der Waals surface area contributed by atoms with Gasteiger partial charge in [0, 0.05) is 21.7 Å². The number of nitrogens with one attached hydrogen (secondary N) is 2. The van der Waals surface area contributed by atoms with E-state index >= 15 is 0 Å². The molecule has 33 heavy (non-hydrogen) atoms. The minimum atomic E-state index is -4.51. The molecule has 0 saturated heterocycles. The quantitative estimate of drug-likeness (QED) is 0.275. The molecule has 0 fully saturated rings. The molecule has 0 bridgehead atoms. The molecule has 6 N–H and O–H groups in total. The number of alkyl halides is 3. The lowest BCUT2D eigenvalue weighted by molar-refractivity contribution is -0.142. The van der Waals surface area contributed by atoms with Crippen LogP contribution in [0.5, 0.6) is 0 Å². The second-order valence-electron chi connectivity index (χ2n) is 8.77. The van der Waals surface area contributed by atoms with Crippen molar-refractivity contribution in [3.63, 3.8) is 0 Å². The number of hydrogen-bond acceptors (Lipinski definition) is 7. The van der Waals surface area contributed by atoms with Crippen molar-refractivity contribution in [2.45, 2.75) is 83.0 Å². The van der Waals surface area contributed by atoms with Gasteiger partial charge in [0.05, 0.1) is 11.5 Å². The summed E-state index contributed by atoms with van der Waals surface area (Å²) in [6, 6.07) is 0. The van der Waals surface area contributed by atoms with E-state index in [1.165, 1.54) is 20.9 Å². The molecule has 0 aliphatic heterocycles. The van der Waals surface area contributed by atoms with E-state index in [0.29, 0.717) is 43.0 Å². The summed E-state index contributed by atoms with van der Waals surface area (Å²) in [6.07, 6.45) is 0.445. The summed E-state index contributed by atoms with van der Waals surface area (Å²) >= 11 is 1.50. The fourth-order valence-electron chi connectivity index (χ4n) is 4.84. The number of nitrogens with two attached hydrogens (primary N) is 1. The number of anilines is 1. The highest BCUT2D eigenvalue weighted by Crippen LogP contribution is 2.41. The molecule has 4 rings (SSSR count). The van der Waals surface area contributed by atoms with Crippen LogP contribution in [0.2, 0.25) is 0 Å². The number of hydrogen-bond donors (Lipinski definition) is 5. The Morgan fingerprint density at radius 2 is 1.76 bits per heavy atom. The summed E-state index contributed by atoms with van der Waals surface area (Å²) < 4.78 is 41.7. The van der Waals surface area contributed by atoms with E-state index in [4.69, 9.17) is 5.73 Å². The number of rotatable bonds is 9. The van der Waals surface area contributed by atoms with E-state index in [1.54, 1.807) is 0 Å². The highest BCUT2D eigenvalue weighted by Gasteiger charge is 2.39. The molecule has 2 heterocycles. The monoisotopic (exact) mass is 487 g/mol. The lowest BCUT2D eigenvalue weighted by Gasteiger charge is -2.21. The summed E-state index contributed by atoms with van der Waals surface area (Å²) in [5, 5.41) is 32.2. The third-order valence-corrected chi connectivity index (χ3v) is 7.61. The van der Waals surface area contributed by atoms with Crippen molar-refractivity contribution in [1.82, 2.24) is 15.1 Å². The minimum absolute atomic E-state index is 0.100. The molecule has 11 heteroatoms. The number of halogens is 3. The van der Waals surface area contributed by atoms with Gasteiger partial charge in [0.2, 0.25) is 0 Å². The van der Waals surface area contributed by atoms with Gasteiger partial charge in [-0.1, -0.05) is 0 Å². The maximum atomic E-state index is 13.5. The Balaban J connectivity index is 1.55. The number of fused-ring (bicyclic) bond motifs is 2. The van der Waals surface area contributed by atoms with Crippen molar-refractivity contribution in [3.8, 4) is 0 Å². The van der Waals surface area contributed by atoms with Crippen molar-refractivity contribution in [3.05, 3.63) is 33.0 Å². The van der Waals surface area contributed by atoms with E-state index in [9.17, 15) is 23.4 Å². The van der Waals surface area contributed by atoms with E-state index in [1.807, 2.05) is 0 Å². The van der Waals surface area contributed by atoms with Crippen LogP contribution in [0.3, 0.4) is 0 Å². The first-order chi connectivity index (χ1) is 15.8. The van der Waals surface area contributed by atoms with Gasteiger partial charge in [-0.25, -0.2) is 0 Å². The molecule has 2 unspecified atom stereocenters. The number of thiophene rings is 1. The minimum Gasteiger partial charge on any atom is -0.374 e. The number of aliphatic hydroxyl groups excluding tert-OH is 2. The average molecular weight is 488 g/mol. The molecular formula is C22H32F3N5O2S. The predicted octanol–water partition coefficient (Wildman–Crippen LogP) is 3.08. The van der Waals surface area contributed by atoms with E-state index in [0.717, 1.165) is 49.7 Å². The first-order valence-corrected chi connectivity index (χ1v) is 12.5.